The van der Waals surface area contributed by atoms with E-state index >= 15 is 0 Å². The van der Waals surface area contributed by atoms with Crippen LogP contribution in [0.4, 0.5) is 0 Å². The van der Waals surface area contributed by atoms with Gasteiger partial charge in [-0.15, -0.1) is 0 Å². The van der Waals surface area contributed by atoms with E-state index in [-0.39, 0.29) is 18.0 Å². The molecule has 2 aromatic heterocycles. The van der Waals surface area contributed by atoms with Gasteiger partial charge in [-0.1, -0.05) is 24.3 Å². The minimum absolute atomic E-state index is 0.0207. The Morgan fingerprint density at radius 1 is 1.26 bits per heavy atom. The lowest BCUT2D eigenvalue weighted by molar-refractivity contribution is -0.131. The van der Waals surface area contributed by atoms with Gasteiger partial charge in [0.05, 0.1) is 30.4 Å². The largest absolute Gasteiger partial charge is 0.337 e. The van der Waals surface area contributed by atoms with Crippen molar-refractivity contribution in [1.29, 1.82) is 0 Å². The molecule has 0 saturated carbocycles. The first-order chi connectivity index (χ1) is 13.1. The summed E-state index contributed by atoms with van der Waals surface area (Å²) >= 11 is 0. The van der Waals surface area contributed by atoms with E-state index in [0.29, 0.717) is 36.5 Å². The minimum atomic E-state index is -0.228. The second-order valence-electron chi connectivity index (χ2n) is 6.60. The molecule has 1 amide bonds. The number of carbonyl (C=O) groups excluding carboxylic acids is 1. The molecule has 1 aromatic carbocycles. The third kappa shape index (κ3) is 3.48. The van der Waals surface area contributed by atoms with Gasteiger partial charge in [0.25, 0.3) is 5.56 Å². The highest BCUT2D eigenvalue weighted by molar-refractivity contribution is 5.79. The van der Waals surface area contributed by atoms with Crippen molar-refractivity contribution in [3.63, 3.8) is 0 Å². The van der Waals surface area contributed by atoms with E-state index in [0.717, 1.165) is 16.8 Å². The lowest BCUT2D eigenvalue weighted by Crippen LogP contribution is -2.40. The fourth-order valence-electron chi connectivity index (χ4n) is 3.26. The first-order valence-corrected chi connectivity index (χ1v) is 8.82. The Kier molecular flexibility index (Phi) is 4.50. The summed E-state index contributed by atoms with van der Waals surface area (Å²) in [6, 6.07) is 7.85. The van der Waals surface area contributed by atoms with Crippen LogP contribution in [0.25, 0.3) is 11.5 Å². The Balaban J connectivity index is 1.56. The third-order valence-electron chi connectivity index (χ3n) is 4.83. The topological polar surface area (TPSA) is 91.8 Å². The van der Waals surface area contributed by atoms with Gasteiger partial charge in [0.2, 0.25) is 5.91 Å². The molecule has 27 heavy (non-hydrogen) atoms. The highest BCUT2D eigenvalue weighted by Gasteiger charge is 2.25. The van der Waals surface area contributed by atoms with E-state index in [9.17, 15) is 9.59 Å². The highest BCUT2D eigenvalue weighted by Crippen LogP contribution is 2.18. The van der Waals surface area contributed by atoms with Gasteiger partial charge in [-0.05, 0) is 18.1 Å². The van der Waals surface area contributed by atoms with Crippen LogP contribution in [-0.2, 0) is 24.2 Å². The van der Waals surface area contributed by atoms with Crippen molar-refractivity contribution < 1.29 is 4.79 Å². The molecule has 0 bridgehead atoms. The number of amides is 1. The Morgan fingerprint density at radius 2 is 2.11 bits per heavy atom. The van der Waals surface area contributed by atoms with Crippen LogP contribution in [0.2, 0.25) is 0 Å². The lowest BCUT2D eigenvalue weighted by atomic mass is 10.0. The standard InChI is InChI=1S/C20H19N5O2/c1-13-4-2-3-5-14(13)10-18(26)25-9-6-16-15(12-25)20(27)24-19(23-16)17-11-21-7-8-22-17/h2-5,7-8,11H,6,9-10,12H2,1H3,(H,23,24,27). The van der Waals surface area contributed by atoms with E-state index in [2.05, 4.69) is 19.9 Å². The predicted octanol–water partition coefficient (Wildman–Crippen LogP) is 1.66. The molecule has 0 unspecified atom stereocenters. The van der Waals surface area contributed by atoms with Crippen LogP contribution in [0.1, 0.15) is 22.4 Å². The fourth-order valence-corrected chi connectivity index (χ4v) is 3.26. The summed E-state index contributed by atoms with van der Waals surface area (Å²) in [6.07, 6.45) is 5.57. The van der Waals surface area contributed by atoms with Crippen LogP contribution < -0.4 is 5.56 Å². The lowest BCUT2D eigenvalue weighted by Gasteiger charge is -2.28. The summed E-state index contributed by atoms with van der Waals surface area (Å²) in [5.41, 5.74) is 3.67. The molecule has 1 N–H and O–H groups in total. The molecule has 4 rings (SSSR count). The second-order valence-corrected chi connectivity index (χ2v) is 6.60. The summed E-state index contributed by atoms with van der Waals surface area (Å²) < 4.78 is 0. The number of aromatic amines is 1. The van der Waals surface area contributed by atoms with Gasteiger partial charge in [-0.3, -0.25) is 14.6 Å². The van der Waals surface area contributed by atoms with E-state index in [1.807, 2.05) is 31.2 Å². The fraction of sp³-hybridized carbons (Fsp3) is 0.250. The summed E-state index contributed by atoms with van der Waals surface area (Å²) in [5.74, 6) is 0.430. The molecule has 1 aliphatic rings. The van der Waals surface area contributed by atoms with Crippen LogP contribution in [0, 0.1) is 6.92 Å². The van der Waals surface area contributed by atoms with Gasteiger partial charge in [0.1, 0.15) is 5.69 Å². The van der Waals surface area contributed by atoms with Gasteiger partial charge in [0.15, 0.2) is 5.82 Å². The number of nitrogens with zero attached hydrogens (tertiary/aromatic N) is 4. The number of aromatic nitrogens is 4. The number of fused-ring (bicyclic) bond motifs is 1. The van der Waals surface area contributed by atoms with Gasteiger partial charge < -0.3 is 9.88 Å². The van der Waals surface area contributed by atoms with Crippen molar-refractivity contribution in [3.05, 3.63) is 75.6 Å². The zero-order valence-electron chi connectivity index (χ0n) is 15.0. The average molecular weight is 361 g/mol. The predicted molar refractivity (Wildman–Crippen MR) is 99.9 cm³/mol. The van der Waals surface area contributed by atoms with E-state index in [1.165, 1.54) is 0 Å². The maximum absolute atomic E-state index is 12.7. The zero-order chi connectivity index (χ0) is 18.8. The molecular formula is C20H19N5O2. The number of nitrogens with one attached hydrogen (secondary N) is 1. The maximum atomic E-state index is 12.7. The second kappa shape index (κ2) is 7.11. The summed E-state index contributed by atoms with van der Waals surface area (Å²) in [7, 11) is 0. The average Bonchev–Trinajstić information content (AvgIpc) is 2.70. The van der Waals surface area contributed by atoms with Crippen LogP contribution in [0.3, 0.4) is 0 Å². The van der Waals surface area contributed by atoms with Gasteiger partial charge in [0, 0.05) is 25.4 Å². The molecule has 3 heterocycles. The Morgan fingerprint density at radius 3 is 2.89 bits per heavy atom. The molecule has 0 fully saturated rings. The number of hydrogen-bond acceptors (Lipinski definition) is 5. The molecule has 0 radical (unpaired) electrons. The number of benzene rings is 1. The Bertz CT molecular complexity index is 1050. The zero-order valence-corrected chi connectivity index (χ0v) is 15.0. The van der Waals surface area contributed by atoms with Crippen molar-refractivity contribution in [2.45, 2.75) is 26.3 Å². The van der Waals surface area contributed by atoms with Crippen LogP contribution in [0.15, 0.2) is 47.7 Å². The number of H-pyrrole nitrogens is 1. The van der Waals surface area contributed by atoms with Crippen LogP contribution >= 0.6 is 0 Å². The highest BCUT2D eigenvalue weighted by atomic mass is 16.2. The molecular weight excluding hydrogens is 342 g/mol. The first kappa shape index (κ1) is 17.1. The van der Waals surface area contributed by atoms with Crippen LogP contribution in [0.5, 0.6) is 0 Å². The molecule has 7 nitrogen and oxygen atoms in total. The molecule has 136 valence electrons. The van der Waals surface area contributed by atoms with Gasteiger partial charge >= 0.3 is 0 Å². The molecule has 3 aromatic rings. The van der Waals surface area contributed by atoms with Crippen molar-refractivity contribution in [2.24, 2.45) is 0 Å². The number of hydrogen-bond donors (Lipinski definition) is 1. The molecule has 0 saturated heterocycles. The molecule has 1 aliphatic heterocycles. The van der Waals surface area contributed by atoms with Gasteiger partial charge in [-0.25, -0.2) is 9.97 Å². The Hall–Kier alpha value is -3.35. The quantitative estimate of drug-likeness (QED) is 0.766. The molecule has 7 heteroatoms. The van der Waals surface area contributed by atoms with Crippen molar-refractivity contribution >= 4 is 5.91 Å². The SMILES string of the molecule is Cc1ccccc1CC(=O)N1CCc2nc(-c3cnccn3)[nH]c(=O)c2C1. The van der Waals surface area contributed by atoms with Crippen molar-refractivity contribution in [2.75, 3.05) is 6.54 Å². The minimum Gasteiger partial charge on any atom is -0.337 e. The van der Waals surface area contributed by atoms with E-state index in [1.54, 1.807) is 23.5 Å². The van der Waals surface area contributed by atoms with E-state index < -0.39 is 0 Å². The van der Waals surface area contributed by atoms with E-state index in [4.69, 9.17) is 0 Å². The third-order valence-corrected chi connectivity index (χ3v) is 4.83. The molecule has 0 spiro atoms. The number of rotatable bonds is 3. The summed E-state index contributed by atoms with van der Waals surface area (Å²) in [4.78, 5) is 42.5. The smallest absolute Gasteiger partial charge is 0.256 e. The number of aryl methyl sites for hydroxylation is 1. The van der Waals surface area contributed by atoms with Gasteiger partial charge in [-0.2, -0.15) is 0 Å². The monoisotopic (exact) mass is 361 g/mol. The molecule has 0 aliphatic carbocycles. The summed E-state index contributed by atoms with van der Waals surface area (Å²) in [5, 5.41) is 0. The first-order valence-electron chi connectivity index (χ1n) is 8.82. The summed E-state index contributed by atoms with van der Waals surface area (Å²) in [6.45, 7) is 2.83. The maximum Gasteiger partial charge on any atom is 0.256 e. The Labute approximate surface area is 156 Å². The number of carbonyl (C=O) groups is 1. The normalized spacial score (nSPS) is 13.3. The van der Waals surface area contributed by atoms with Crippen LogP contribution in [-0.4, -0.2) is 37.3 Å². The van der Waals surface area contributed by atoms with Crippen molar-refractivity contribution in [3.8, 4) is 11.5 Å². The molecule has 0 atom stereocenters. The van der Waals surface area contributed by atoms with Crippen molar-refractivity contribution in [1.82, 2.24) is 24.8 Å².